The second kappa shape index (κ2) is 8.01. The monoisotopic (exact) mass is 365 g/mol. The number of benzene rings is 2. The van der Waals surface area contributed by atoms with Gasteiger partial charge in [-0.1, -0.05) is 53.8 Å². The predicted molar refractivity (Wildman–Crippen MR) is 103 cm³/mol. The van der Waals surface area contributed by atoms with Crippen molar-refractivity contribution in [3.63, 3.8) is 0 Å². The van der Waals surface area contributed by atoms with Crippen LogP contribution in [-0.2, 0) is 4.79 Å². The van der Waals surface area contributed by atoms with Crippen LogP contribution in [-0.4, -0.2) is 21.9 Å². The van der Waals surface area contributed by atoms with Crippen molar-refractivity contribution in [1.82, 2.24) is 10.2 Å². The first-order valence-electron chi connectivity index (χ1n) is 8.32. The number of amides is 1. The number of carbonyl (C=O) groups excluding carboxylic acids is 2. The van der Waals surface area contributed by atoms with Crippen LogP contribution in [0.4, 0.5) is 5.13 Å². The number of ketones is 1. The summed E-state index contributed by atoms with van der Waals surface area (Å²) >= 11 is 1.31. The van der Waals surface area contributed by atoms with E-state index < -0.39 is 0 Å². The zero-order valence-corrected chi connectivity index (χ0v) is 15.5. The zero-order valence-electron chi connectivity index (χ0n) is 14.7. The minimum Gasteiger partial charge on any atom is -0.301 e. The molecule has 0 bridgehead atoms. The summed E-state index contributed by atoms with van der Waals surface area (Å²) in [5.41, 5.74) is 3.81. The molecule has 132 valence electrons. The molecule has 3 aromatic rings. The molecule has 0 aliphatic rings. The van der Waals surface area contributed by atoms with Crippen LogP contribution in [0, 0.1) is 13.8 Å². The predicted octanol–water partition coefficient (Wildman–Crippen LogP) is 4.42. The highest BCUT2D eigenvalue weighted by molar-refractivity contribution is 7.18. The summed E-state index contributed by atoms with van der Waals surface area (Å²) in [4.78, 5) is 24.3. The molecule has 0 atom stereocenters. The molecule has 1 aromatic heterocycles. The molecule has 6 heteroatoms. The van der Waals surface area contributed by atoms with Crippen LogP contribution >= 0.6 is 11.3 Å². The number of anilines is 1. The number of rotatable bonds is 6. The largest absolute Gasteiger partial charge is 0.301 e. The van der Waals surface area contributed by atoms with Crippen molar-refractivity contribution in [2.45, 2.75) is 26.7 Å². The third kappa shape index (κ3) is 4.40. The Hall–Kier alpha value is -2.86. The molecule has 1 N–H and O–H groups in total. The van der Waals surface area contributed by atoms with E-state index in [0.717, 1.165) is 21.7 Å². The molecule has 1 amide bonds. The molecule has 0 fully saturated rings. The van der Waals surface area contributed by atoms with E-state index in [-0.39, 0.29) is 24.5 Å². The summed E-state index contributed by atoms with van der Waals surface area (Å²) in [7, 11) is 0. The van der Waals surface area contributed by atoms with E-state index in [1.54, 1.807) is 6.07 Å². The molecule has 0 saturated carbocycles. The lowest BCUT2D eigenvalue weighted by atomic mass is 10.0. The molecular formula is C20H19N3O2S. The van der Waals surface area contributed by atoms with E-state index in [1.807, 2.05) is 56.3 Å². The van der Waals surface area contributed by atoms with E-state index in [1.165, 1.54) is 11.3 Å². The van der Waals surface area contributed by atoms with Crippen molar-refractivity contribution in [3.8, 4) is 10.6 Å². The van der Waals surface area contributed by atoms with Crippen LogP contribution in [0.3, 0.4) is 0 Å². The number of aromatic nitrogens is 2. The Morgan fingerprint density at radius 3 is 2.46 bits per heavy atom. The van der Waals surface area contributed by atoms with Crippen LogP contribution in [0.15, 0.2) is 48.5 Å². The third-order valence-corrected chi connectivity index (χ3v) is 4.99. The highest BCUT2D eigenvalue weighted by Gasteiger charge is 2.13. The summed E-state index contributed by atoms with van der Waals surface area (Å²) in [5.74, 6) is -0.275. The molecule has 0 spiro atoms. The average Bonchev–Trinajstić information content (AvgIpc) is 3.11. The van der Waals surface area contributed by atoms with Crippen molar-refractivity contribution in [3.05, 3.63) is 65.2 Å². The first kappa shape index (κ1) is 17.9. The van der Waals surface area contributed by atoms with Crippen LogP contribution in [0.2, 0.25) is 0 Å². The fourth-order valence-corrected chi connectivity index (χ4v) is 3.20. The number of carbonyl (C=O) groups is 2. The first-order chi connectivity index (χ1) is 12.5. The topological polar surface area (TPSA) is 72.0 Å². The second-order valence-electron chi connectivity index (χ2n) is 6.05. The number of nitrogens with one attached hydrogen (secondary N) is 1. The lowest BCUT2D eigenvalue weighted by molar-refractivity contribution is -0.116. The maximum atomic E-state index is 12.2. The maximum absolute atomic E-state index is 12.2. The highest BCUT2D eigenvalue weighted by Crippen LogP contribution is 2.26. The molecule has 0 aliphatic heterocycles. The molecule has 0 radical (unpaired) electrons. The smallest absolute Gasteiger partial charge is 0.226 e. The van der Waals surface area contributed by atoms with Gasteiger partial charge < -0.3 is 5.32 Å². The van der Waals surface area contributed by atoms with Gasteiger partial charge in [0, 0.05) is 24.0 Å². The molecule has 2 aromatic carbocycles. The summed E-state index contributed by atoms with van der Waals surface area (Å²) in [6.07, 6.45) is 0.282. The molecule has 1 heterocycles. The molecule has 26 heavy (non-hydrogen) atoms. The van der Waals surface area contributed by atoms with Gasteiger partial charge >= 0.3 is 0 Å². The SMILES string of the molecule is Cc1ccc(C(=O)CCC(=O)Nc2nnc(-c3ccccc3)s2)cc1C. The van der Waals surface area contributed by atoms with Crippen LogP contribution in [0.1, 0.15) is 34.3 Å². The van der Waals surface area contributed by atoms with E-state index in [0.29, 0.717) is 10.7 Å². The van der Waals surface area contributed by atoms with Gasteiger partial charge in [0.05, 0.1) is 0 Å². The number of aryl methyl sites for hydroxylation is 2. The van der Waals surface area contributed by atoms with Gasteiger partial charge in [-0.3, -0.25) is 9.59 Å². The van der Waals surface area contributed by atoms with Crippen molar-refractivity contribution in [2.75, 3.05) is 5.32 Å². The molecule has 0 aliphatic carbocycles. The van der Waals surface area contributed by atoms with Gasteiger partial charge in [-0.15, -0.1) is 10.2 Å². The lowest BCUT2D eigenvalue weighted by Gasteiger charge is -2.05. The Morgan fingerprint density at radius 2 is 1.73 bits per heavy atom. The van der Waals surface area contributed by atoms with Gasteiger partial charge in [0.25, 0.3) is 0 Å². The summed E-state index contributed by atoms with van der Waals surface area (Å²) in [6, 6.07) is 15.3. The van der Waals surface area contributed by atoms with Gasteiger partial charge in [-0.2, -0.15) is 0 Å². The molecular weight excluding hydrogens is 346 g/mol. The summed E-state index contributed by atoms with van der Waals surface area (Å²) in [6.45, 7) is 3.97. The van der Waals surface area contributed by atoms with Gasteiger partial charge in [0.15, 0.2) is 5.78 Å². The van der Waals surface area contributed by atoms with E-state index >= 15 is 0 Å². The number of hydrogen-bond donors (Lipinski definition) is 1. The lowest BCUT2D eigenvalue weighted by Crippen LogP contribution is -2.13. The Kier molecular flexibility index (Phi) is 5.53. The first-order valence-corrected chi connectivity index (χ1v) is 9.14. The third-order valence-electron chi connectivity index (χ3n) is 4.10. The van der Waals surface area contributed by atoms with E-state index in [2.05, 4.69) is 15.5 Å². The fraction of sp³-hybridized carbons (Fsp3) is 0.200. The van der Waals surface area contributed by atoms with Gasteiger partial charge in [-0.25, -0.2) is 0 Å². The molecule has 0 saturated heterocycles. The van der Waals surface area contributed by atoms with Crippen LogP contribution in [0.25, 0.3) is 10.6 Å². The van der Waals surface area contributed by atoms with Crippen molar-refractivity contribution in [2.24, 2.45) is 0 Å². The molecule has 0 unspecified atom stereocenters. The molecule has 3 rings (SSSR count). The van der Waals surface area contributed by atoms with E-state index in [9.17, 15) is 9.59 Å². The second-order valence-corrected chi connectivity index (χ2v) is 7.03. The zero-order chi connectivity index (χ0) is 18.5. The van der Waals surface area contributed by atoms with Crippen molar-refractivity contribution < 1.29 is 9.59 Å². The Morgan fingerprint density at radius 1 is 0.962 bits per heavy atom. The quantitative estimate of drug-likeness (QED) is 0.656. The van der Waals surface area contributed by atoms with Gasteiger partial charge in [0.1, 0.15) is 5.01 Å². The van der Waals surface area contributed by atoms with Gasteiger partial charge in [-0.05, 0) is 31.0 Å². The van der Waals surface area contributed by atoms with Crippen molar-refractivity contribution >= 4 is 28.2 Å². The van der Waals surface area contributed by atoms with Crippen LogP contribution < -0.4 is 5.32 Å². The average molecular weight is 365 g/mol. The van der Waals surface area contributed by atoms with E-state index in [4.69, 9.17) is 0 Å². The Labute approximate surface area is 156 Å². The standard InChI is InChI=1S/C20H19N3O2S/c1-13-8-9-16(12-14(13)2)17(24)10-11-18(25)21-20-23-22-19(26-20)15-6-4-3-5-7-15/h3-9,12H,10-11H2,1-2H3,(H,21,23,25). The van der Waals surface area contributed by atoms with Crippen molar-refractivity contribution in [1.29, 1.82) is 0 Å². The molecule has 5 nitrogen and oxygen atoms in total. The minimum atomic E-state index is -0.238. The highest BCUT2D eigenvalue weighted by atomic mass is 32.1. The number of Topliss-reactive ketones (excluding diaryl/α,β-unsaturated/α-hetero) is 1. The maximum Gasteiger partial charge on any atom is 0.226 e. The number of hydrogen-bond acceptors (Lipinski definition) is 5. The minimum absolute atomic E-state index is 0.0366. The van der Waals surface area contributed by atoms with Gasteiger partial charge in [0.2, 0.25) is 11.0 Å². The fourth-order valence-electron chi connectivity index (χ4n) is 2.44. The van der Waals surface area contributed by atoms with Crippen LogP contribution in [0.5, 0.6) is 0 Å². The Bertz CT molecular complexity index is 935. The summed E-state index contributed by atoms with van der Waals surface area (Å²) in [5, 5.41) is 12.0. The summed E-state index contributed by atoms with van der Waals surface area (Å²) < 4.78 is 0. The number of nitrogens with zero attached hydrogens (tertiary/aromatic N) is 2. The normalized spacial score (nSPS) is 10.5. The Balaban J connectivity index is 1.55.